The monoisotopic (exact) mass is 334 g/mol. The number of rotatable bonds is 2. The number of carbonyl (C=O) groups is 2. The lowest BCUT2D eigenvalue weighted by atomic mass is 10.2. The molecule has 0 saturated carbocycles. The van der Waals surface area contributed by atoms with Crippen molar-refractivity contribution in [3.63, 3.8) is 0 Å². The van der Waals surface area contributed by atoms with Crippen LogP contribution >= 0.6 is 0 Å². The van der Waals surface area contributed by atoms with Crippen LogP contribution in [0.4, 0.5) is 22.8 Å². The van der Waals surface area contributed by atoms with Crippen LogP contribution in [0.2, 0.25) is 0 Å². The minimum absolute atomic E-state index is 0.373. The molecule has 0 aliphatic carbocycles. The van der Waals surface area contributed by atoms with Gasteiger partial charge < -0.3 is 9.47 Å². The molecule has 0 heterocycles. The van der Waals surface area contributed by atoms with E-state index in [4.69, 9.17) is 0 Å². The third-order valence-corrected chi connectivity index (χ3v) is 2.24. The average molecular weight is 334 g/mol. The number of ether oxygens (including phenoxy) is 2. The maximum atomic E-state index is 12.8. The number of benzene rings is 1. The Morgan fingerprint density at radius 2 is 1.70 bits per heavy atom. The predicted octanol–water partition coefficient (Wildman–Crippen LogP) is 3.58. The number of nitrogens with one attached hydrogen (secondary N) is 1. The fraction of sp³-hybridized carbons (Fsp3) is 0.429. The van der Waals surface area contributed by atoms with Gasteiger partial charge in [-0.25, -0.2) is 15.0 Å². The summed E-state index contributed by atoms with van der Waals surface area (Å²) < 4.78 is 47.8. The molecule has 1 aromatic carbocycles. The summed E-state index contributed by atoms with van der Waals surface area (Å²) in [5.41, 5.74) is 0.804. The highest BCUT2D eigenvalue weighted by Crippen LogP contribution is 2.21. The van der Waals surface area contributed by atoms with Crippen molar-refractivity contribution >= 4 is 12.2 Å². The van der Waals surface area contributed by atoms with Gasteiger partial charge in [-0.1, -0.05) is 30.3 Å². The molecular weight excluding hydrogens is 317 g/mol. The molecular formula is C14H17F3N2O4. The molecule has 1 aromatic rings. The van der Waals surface area contributed by atoms with Crippen molar-refractivity contribution in [3.05, 3.63) is 35.9 Å². The molecule has 23 heavy (non-hydrogen) atoms. The van der Waals surface area contributed by atoms with Crippen molar-refractivity contribution in [2.24, 2.45) is 0 Å². The molecule has 0 fully saturated rings. The third kappa shape index (κ3) is 6.90. The first-order valence-corrected chi connectivity index (χ1v) is 6.56. The van der Waals surface area contributed by atoms with E-state index in [-0.39, 0.29) is 6.61 Å². The number of hydrogen-bond donors (Lipinski definition) is 1. The molecule has 0 unspecified atom stereocenters. The summed E-state index contributed by atoms with van der Waals surface area (Å²) in [5, 5.41) is -0.871. The van der Waals surface area contributed by atoms with Gasteiger partial charge in [-0.05, 0) is 26.3 Å². The molecule has 0 bridgehead atoms. The van der Waals surface area contributed by atoms with Gasteiger partial charge in [0.2, 0.25) is 0 Å². The topological polar surface area (TPSA) is 67.9 Å². The highest BCUT2D eigenvalue weighted by molar-refractivity contribution is 5.74. The molecule has 0 radical (unpaired) electrons. The van der Waals surface area contributed by atoms with Crippen LogP contribution in [0.25, 0.3) is 0 Å². The third-order valence-electron chi connectivity index (χ3n) is 2.24. The number of alkyl halides is 3. The standard InChI is InChI=1S/C14H17F3N2O4/c1-13(2,3)23-11(20)18-19(14(15,16)17)12(21)22-9-10-7-5-4-6-8-10/h4-8H,9H2,1-3H3,(H,18,20). The number of carbonyl (C=O) groups excluding carboxylic acids is 2. The fourth-order valence-corrected chi connectivity index (χ4v) is 1.39. The van der Waals surface area contributed by atoms with Crippen molar-refractivity contribution < 1.29 is 32.2 Å². The summed E-state index contributed by atoms with van der Waals surface area (Å²) in [6.45, 7) is 4.04. The van der Waals surface area contributed by atoms with Crippen molar-refractivity contribution in [1.82, 2.24) is 10.4 Å². The van der Waals surface area contributed by atoms with E-state index in [1.165, 1.54) is 26.2 Å². The average Bonchev–Trinajstić information content (AvgIpc) is 2.40. The Hall–Kier alpha value is -2.45. The zero-order valence-corrected chi connectivity index (χ0v) is 12.8. The number of nitrogens with zero attached hydrogens (tertiary/aromatic N) is 1. The van der Waals surface area contributed by atoms with E-state index in [0.717, 1.165) is 0 Å². The Labute approximate surface area is 131 Å². The smallest absolute Gasteiger partial charge is 0.443 e. The van der Waals surface area contributed by atoms with E-state index in [1.54, 1.807) is 30.3 Å². The summed E-state index contributed by atoms with van der Waals surface area (Å²) in [7, 11) is 0. The van der Waals surface area contributed by atoms with E-state index in [2.05, 4.69) is 9.47 Å². The summed E-state index contributed by atoms with van der Waals surface area (Å²) in [4.78, 5) is 23.0. The minimum Gasteiger partial charge on any atom is -0.443 e. The van der Waals surface area contributed by atoms with Crippen LogP contribution in [-0.2, 0) is 16.1 Å². The van der Waals surface area contributed by atoms with Crippen molar-refractivity contribution in [2.75, 3.05) is 0 Å². The van der Waals surface area contributed by atoms with Crippen LogP contribution in [0.1, 0.15) is 26.3 Å². The summed E-state index contributed by atoms with van der Waals surface area (Å²) in [5.74, 6) is 0. The zero-order valence-electron chi connectivity index (χ0n) is 12.8. The van der Waals surface area contributed by atoms with Gasteiger partial charge in [0.15, 0.2) is 0 Å². The van der Waals surface area contributed by atoms with Crippen LogP contribution in [0.15, 0.2) is 30.3 Å². The molecule has 0 atom stereocenters. The van der Waals surface area contributed by atoms with Crippen LogP contribution in [0.3, 0.4) is 0 Å². The molecule has 1 rings (SSSR count). The fourth-order valence-electron chi connectivity index (χ4n) is 1.39. The van der Waals surface area contributed by atoms with Crippen LogP contribution < -0.4 is 5.43 Å². The Morgan fingerprint density at radius 3 is 2.17 bits per heavy atom. The lowest BCUT2D eigenvalue weighted by Crippen LogP contribution is -2.55. The quantitative estimate of drug-likeness (QED) is 0.663. The maximum Gasteiger partial charge on any atom is 0.508 e. The molecule has 0 aromatic heterocycles. The van der Waals surface area contributed by atoms with E-state index < -0.39 is 29.1 Å². The summed E-state index contributed by atoms with van der Waals surface area (Å²) in [6.07, 6.45) is -8.36. The van der Waals surface area contributed by atoms with E-state index in [0.29, 0.717) is 5.56 Å². The van der Waals surface area contributed by atoms with Crippen LogP contribution in [0.5, 0.6) is 0 Å². The minimum atomic E-state index is -5.16. The first-order valence-electron chi connectivity index (χ1n) is 6.56. The van der Waals surface area contributed by atoms with Gasteiger partial charge in [-0.15, -0.1) is 18.2 Å². The number of hydrazine groups is 1. The normalized spacial score (nSPS) is 11.6. The van der Waals surface area contributed by atoms with Gasteiger partial charge >= 0.3 is 18.5 Å². The Kier molecular flexibility index (Phi) is 5.83. The summed E-state index contributed by atoms with van der Waals surface area (Å²) >= 11 is 0. The van der Waals surface area contributed by atoms with Gasteiger partial charge in [0.05, 0.1) is 0 Å². The Bertz CT molecular complexity index is 541. The van der Waals surface area contributed by atoms with E-state index in [9.17, 15) is 22.8 Å². The van der Waals surface area contributed by atoms with Crippen LogP contribution in [0, 0.1) is 0 Å². The first kappa shape index (κ1) is 18.6. The number of halogens is 3. The molecule has 2 amide bonds. The molecule has 9 heteroatoms. The number of hydrogen-bond acceptors (Lipinski definition) is 4. The van der Waals surface area contributed by atoms with Crippen molar-refractivity contribution in [3.8, 4) is 0 Å². The van der Waals surface area contributed by atoms with Gasteiger partial charge in [-0.3, -0.25) is 0 Å². The zero-order chi connectivity index (χ0) is 17.7. The van der Waals surface area contributed by atoms with Gasteiger partial charge in [0, 0.05) is 0 Å². The Balaban J connectivity index is 2.70. The molecule has 128 valence electrons. The molecule has 0 aliphatic rings. The van der Waals surface area contributed by atoms with Gasteiger partial charge in [-0.2, -0.15) is 0 Å². The SMILES string of the molecule is CC(C)(C)OC(=O)NN(C(=O)OCc1ccccc1)C(F)(F)F. The largest absolute Gasteiger partial charge is 0.508 e. The van der Waals surface area contributed by atoms with Crippen molar-refractivity contribution in [1.29, 1.82) is 0 Å². The van der Waals surface area contributed by atoms with Crippen LogP contribution in [-0.4, -0.2) is 29.1 Å². The highest BCUT2D eigenvalue weighted by Gasteiger charge is 2.44. The lowest BCUT2D eigenvalue weighted by molar-refractivity contribution is -0.244. The second-order valence-corrected chi connectivity index (χ2v) is 5.46. The summed E-state index contributed by atoms with van der Waals surface area (Å²) in [6, 6.07) is 8.14. The Morgan fingerprint density at radius 1 is 1.13 bits per heavy atom. The van der Waals surface area contributed by atoms with E-state index in [1.807, 2.05) is 0 Å². The van der Waals surface area contributed by atoms with Crippen molar-refractivity contribution in [2.45, 2.75) is 39.3 Å². The van der Waals surface area contributed by atoms with Gasteiger partial charge in [0.25, 0.3) is 0 Å². The van der Waals surface area contributed by atoms with Gasteiger partial charge in [0.1, 0.15) is 12.2 Å². The molecule has 0 spiro atoms. The maximum absolute atomic E-state index is 12.8. The van der Waals surface area contributed by atoms with E-state index >= 15 is 0 Å². The molecule has 0 saturated heterocycles. The predicted molar refractivity (Wildman–Crippen MR) is 73.9 cm³/mol. The lowest BCUT2D eigenvalue weighted by Gasteiger charge is -2.26. The molecule has 1 N–H and O–H groups in total. The number of amides is 2. The second-order valence-electron chi connectivity index (χ2n) is 5.46. The second kappa shape index (κ2) is 7.21. The first-order chi connectivity index (χ1) is 10.5. The molecule has 6 nitrogen and oxygen atoms in total. The highest BCUT2D eigenvalue weighted by atomic mass is 19.4. The molecule has 0 aliphatic heterocycles.